The molecule has 0 saturated carbocycles. The van der Waals surface area contributed by atoms with Crippen molar-refractivity contribution in [1.29, 1.82) is 0 Å². The minimum Gasteiger partial charge on any atom is -0.493 e. The average molecular weight is 504 g/mol. The molecule has 0 aliphatic heterocycles. The Kier molecular flexibility index (Phi) is 7.64. The number of aryl methyl sites for hydroxylation is 1. The van der Waals surface area contributed by atoms with Crippen LogP contribution in [0.2, 0.25) is 5.02 Å². The number of carbonyl (C=O) groups excluding carboxylic acids is 2. The quantitative estimate of drug-likeness (QED) is 0.408. The molecular weight excluding hydrogens is 482 g/mol. The van der Waals surface area contributed by atoms with E-state index < -0.39 is 21.8 Å². The first-order chi connectivity index (χ1) is 16.1. The highest BCUT2D eigenvalue weighted by molar-refractivity contribution is 7.92. The van der Waals surface area contributed by atoms with Crippen LogP contribution < -0.4 is 25.2 Å². The SMILES string of the molecule is COc1cc(C(=O)Nc2cc(S(=O)(=O)Nc3ccc(Cl)cc3)ccc2C)ccc1OCC(N)=O. The third-order valence-corrected chi connectivity index (χ3v) is 6.29. The van der Waals surface area contributed by atoms with E-state index >= 15 is 0 Å². The fourth-order valence-corrected chi connectivity index (χ4v) is 4.12. The number of halogens is 1. The molecule has 4 N–H and O–H groups in total. The van der Waals surface area contributed by atoms with Crippen LogP contribution in [0.15, 0.2) is 65.6 Å². The summed E-state index contributed by atoms with van der Waals surface area (Å²) in [5, 5.41) is 3.19. The maximum atomic E-state index is 12.8. The van der Waals surface area contributed by atoms with Crippen molar-refractivity contribution in [2.45, 2.75) is 11.8 Å². The third kappa shape index (κ3) is 6.18. The molecule has 0 atom stereocenters. The molecule has 3 rings (SSSR count). The Balaban J connectivity index is 1.81. The lowest BCUT2D eigenvalue weighted by Crippen LogP contribution is -2.20. The summed E-state index contributed by atoms with van der Waals surface area (Å²) in [7, 11) is -2.52. The van der Waals surface area contributed by atoms with E-state index in [0.717, 1.165) is 0 Å². The predicted octanol–water partition coefficient (Wildman–Crippen LogP) is 3.57. The van der Waals surface area contributed by atoms with Gasteiger partial charge in [-0.25, -0.2) is 8.42 Å². The summed E-state index contributed by atoms with van der Waals surface area (Å²) in [5.41, 5.74) is 6.64. The number of sulfonamides is 1. The normalized spacial score (nSPS) is 10.9. The fraction of sp³-hybridized carbons (Fsp3) is 0.130. The summed E-state index contributed by atoms with van der Waals surface area (Å²) in [6.07, 6.45) is 0. The Morgan fingerprint density at radius 3 is 2.35 bits per heavy atom. The van der Waals surface area contributed by atoms with Gasteiger partial charge in [-0.05, 0) is 67.1 Å². The number of ether oxygens (including phenoxy) is 2. The van der Waals surface area contributed by atoms with Gasteiger partial charge >= 0.3 is 0 Å². The van der Waals surface area contributed by atoms with Gasteiger partial charge in [0.2, 0.25) is 0 Å². The van der Waals surface area contributed by atoms with Gasteiger partial charge in [0.05, 0.1) is 12.0 Å². The van der Waals surface area contributed by atoms with E-state index in [1.165, 1.54) is 37.4 Å². The molecule has 0 heterocycles. The van der Waals surface area contributed by atoms with E-state index in [-0.39, 0.29) is 28.6 Å². The second-order valence-corrected chi connectivity index (χ2v) is 9.28. The number of nitrogens with one attached hydrogen (secondary N) is 2. The summed E-state index contributed by atoms with van der Waals surface area (Å²) in [5.74, 6) is -0.674. The zero-order valence-electron chi connectivity index (χ0n) is 18.3. The molecule has 0 aliphatic carbocycles. The Labute approximate surface area is 201 Å². The molecule has 0 radical (unpaired) electrons. The van der Waals surface area contributed by atoms with E-state index in [2.05, 4.69) is 10.0 Å². The van der Waals surface area contributed by atoms with E-state index in [0.29, 0.717) is 22.0 Å². The number of benzene rings is 3. The number of primary amides is 1. The van der Waals surface area contributed by atoms with Gasteiger partial charge in [-0.15, -0.1) is 0 Å². The molecule has 0 fully saturated rings. The molecule has 0 aromatic heterocycles. The van der Waals surface area contributed by atoms with E-state index in [4.69, 9.17) is 26.8 Å². The van der Waals surface area contributed by atoms with Gasteiger partial charge < -0.3 is 20.5 Å². The number of hydrogen-bond acceptors (Lipinski definition) is 6. The van der Waals surface area contributed by atoms with Crippen LogP contribution >= 0.6 is 11.6 Å². The number of anilines is 2. The zero-order chi connectivity index (χ0) is 24.9. The van der Waals surface area contributed by atoms with Crippen molar-refractivity contribution < 1.29 is 27.5 Å². The van der Waals surface area contributed by atoms with Crippen LogP contribution in [0.3, 0.4) is 0 Å². The monoisotopic (exact) mass is 503 g/mol. The molecule has 0 spiro atoms. The minimum atomic E-state index is -3.91. The number of hydrogen-bond donors (Lipinski definition) is 3. The Morgan fingerprint density at radius 2 is 1.71 bits per heavy atom. The van der Waals surface area contributed by atoms with Gasteiger partial charge in [0, 0.05) is 22.0 Å². The number of methoxy groups -OCH3 is 1. The lowest BCUT2D eigenvalue weighted by atomic mass is 10.1. The fourth-order valence-electron chi connectivity index (χ4n) is 2.91. The first-order valence-corrected chi connectivity index (χ1v) is 11.7. The molecule has 34 heavy (non-hydrogen) atoms. The zero-order valence-corrected chi connectivity index (χ0v) is 19.9. The molecule has 9 nitrogen and oxygen atoms in total. The van der Waals surface area contributed by atoms with Gasteiger partial charge in [-0.2, -0.15) is 0 Å². The number of amides is 2. The van der Waals surface area contributed by atoms with Crippen LogP contribution in [-0.4, -0.2) is 33.9 Å². The van der Waals surface area contributed by atoms with Gasteiger partial charge in [-0.3, -0.25) is 14.3 Å². The van der Waals surface area contributed by atoms with Crippen molar-refractivity contribution in [3.8, 4) is 11.5 Å². The highest BCUT2D eigenvalue weighted by atomic mass is 35.5. The van der Waals surface area contributed by atoms with Crippen molar-refractivity contribution in [2.75, 3.05) is 23.8 Å². The molecule has 178 valence electrons. The smallest absolute Gasteiger partial charge is 0.261 e. The van der Waals surface area contributed by atoms with Crippen molar-refractivity contribution in [3.63, 3.8) is 0 Å². The Bertz CT molecular complexity index is 1330. The molecule has 3 aromatic rings. The first-order valence-electron chi connectivity index (χ1n) is 9.88. The largest absolute Gasteiger partial charge is 0.493 e. The topological polar surface area (TPSA) is 137 Å². The summed E-state index contributed by atoms with van der Waals surface area (Å²) in [4.78, 5) is 23.7. The number of rotatable bonds is 9. The summed E-state index contributed by atoms with van der Waals surface area (Å²) < 4.78 is 38.6. The third-order valence-electron chi connectivity index (χ3n) is 4.66. The van der Waals surface area contributed by atoms with Gasteiger partial charge in [0.1, 0.15) is 0 Å². The number of nitrogens with two attached hydrogens (primary N) is 1. The van der Waals surface area contributed by atoms with Crippen LogP contribution in [-0.2, 0) is 14.8 Å². The van der Waals surface area contributed by atoms with Gasteiger partial charge in [0.15, 0.2) is 18.1 Å². The maximum Gasteiger partial charge on any atom is 0.261 e. The molecule has 0 aliphatic rings. The summed E-state index contributed by atoms with van der Waals surface area (Å²) in [6, 6.07) is 15.0. The van der Waals surface area contributed by atoms with Crippen LogP contribution in [0.1, 0.15) is 15.9 Å². The van der Waals surface area contributed by atoms with Crippen LogP contribution in [0.5, 0.6) is 11.5 Å². The van der Waals surface area contributed by atoms with Crippen molar-refractivity contribution in [1.82, 2.24) is 0 Å². The van der Waals surface area contributed by atoms with E-state index in [9.17, 15) is 18.0 Å². The summed E-state index contributed by atoms with van der Waals surface area (Å²) in [6.45, 7) is 1.40. The van der Waals surface area contributed by atoms with Crippen molar-refractivity contribution in [2.24, 2.45) is 5.73 Å². The van der Waals surface area contributed by atoms with Gasteiger partial charge in [0.25, 0.3) is 21.8 Å². The standard InChI is InChI=1S/C23H22ClN3O6S/c1-14-3-9-18(34(30,31)27-17-7-5-16(24)6-8-17)12-19(14)26-23(29)15-4-10-20(21(11-15)32-2)33-13-22(25)28/h3-12,27H,13H2,1-2H3,(H2,25,28)(H,26,29). The van der Waals surface area contributed by atoms with Gasteiger partial charge in [-0.1, -0.05) is 17.7 Å². The average Bonchev–Trinajstić information content (AvgIpc) is 2.80. The molecule has 0 unspecified atom stereocenters. The lowest BCUT2D eigenvalue weighted by molar-refractivity contribution is -0.119. The van der Waals surface area contributed by atoms with Crippen molar-refractivity contribution in [3.05, 3.63) is 76.8 Å². The predicted molar refractivity (Wildman–Crippen MR) is 129 cm³/mol. The Morgan fingerprint density at radius 1 is 1.00 bits per heavy atom. The molecule has 0 bridgehead atoms. The maximum absolute atomic E-state index is 12.8. The molecule has 2 amide bonds. The second kappa shape index (κ2) is 10.4. The lowest BCUT2D eigenvalue weighted by Gasteiger charge is -2.14. The molecular formula is C23H22ClN3O6S. The highest BCUT2D eigenvalue weighted by Gasteiger charge is 2.18. The van der Waals surface area contributed by atoms with E-state index in [1.807, 2.05) is 0 Å². The Hall–Kier alpha value is -3.76. The minimum absolute atomic E-state index is 0.0314. The second-order valence-electron chi connectivity index (χ2n) is 7.16. The molecule has 0 saturated heterocycles. The summed E-state index contributed by atoms with van der Waals surface area (Å²) >= 11 is 5.84. The molecule has 11 heteroatoms. The van der Waals surface area contributed by atoms with Crippen LogP contribution in [0.25, 0.3) is 0 Å². The highest BCUT2D eigenvalue weighted by Crippen LogP contribution is 2.29. The van der Waals surface area contributed by atoms with E-state index in [1.54, 1.807) is 37.3 Å². The van der Waals surface area contributed by atoms with Crippen LogP contribution in [0.4, 0.5) is 11.4 Å². The van der Waals surface area contributed by atoms with Crippen molar-refractivity contribution >= 4 is 44.8 Å². The first kappa shape index (κ1) is 24.9. The molecule has 3 aromatic carbocycles. The number of carbonyl (C=O) groups is 2. The van der Waals surface area contributed by atoms with Crippen LogP contribution in [0, 0.1) is 6.92 Å².